The zero-order valence-corrected chi connectivity index (χ0v) is 14.6. The molecule has 0 aliphatic rings. The van der Waals surface area contributed by atoms with E-state index in [2.05, 4.69) is 10.4 Å². The molecular weight excluding hydrogens is 364 g/mol. The van der Waals surface area contributed by atoms with Gasteiger partial charge in [0.25, 0.3) is 0 Å². The third-order valence-electron chi connectivity index (χ3n) is 3.59. The molecule has 0 saturated carbocycles. The van der Waals surface area contributed by atoms with Crippen LogP contribution in [0.2, 0.25) is 10.0 Å². The van der Waals surface area contributed by atoms with E-state index in [1.165, 1.54) is 12.1 Å². The lowest BCUT2D eigenvalue weighted by Gasteiger charge is -2.11. The topological polar surface area (TPSA) is 46.9 Å². The summed E-state index contributed by atoms with van der Waals surface area (Å²) in [4.78, 5) is 12.2. The van der Waals surface area contributed by atoms with E-state index in [0.29, 0.717) is 28.0 Å². The predicted octanol–water partition coefficient (Wildman–Crippen LogP) is 4.56. The fraction of sp³-hybridized carbons (Fsp3) is 0.111. The van der Waals surface area contributed by atoms with Gasteiger partial charge in [0.15, 0.2) is 0 Å². The molecule has 1 heterocycles. The monoisotopic (exact) mass is 377 g/mol. The zero-order chi connectivity index (χ0) is 17.8. The van der Waals surface area contributed by atoms with Gasteiger partial charge in [0.05, 0.1) is 29.2 Å². The molecule has 1 aromatic heterocycles. The molecule has 0 bridgehead atoms. The Bertz CT molecular complexity index is 911. The van der Waals surface area contributed by atoms with Crippen LogP contribution in [0.5, 0.6) is 0 Å². The van der Waals surface area contributed by atoms with Gasteiger partial charge in [-0.3, -0.25) is 4.79 Å². The van der Waals surface area contributed by atoms with Crippen molar-refractivity contribution in [2.75, 3.05) is 5.32 Å². The number of nitrogens with zero attached hydrogens (tertiary/aromatic N) is 2. The fourth-order valence-corrected chi connectivity index (χ4v) is 2.80. The van der Waals surface area contributed by atoms with Gasteiger partial charge in [0.2, 0.25) is 5.91 Å². The molecule has 0 aliphatic carbocycles. The third-order valence-corrected chi connectivity index (χ3v) is 4.45. The summed E-state index contributed by atoms with van der Waals surface area (Å²) in [5, 5.41) is 7.89. The van der Waals surface area contributed by atoms with Gasteiger partial charge in [-0.2, -0.15) is 5.10 Å². The lowest BCUT2D eigenvalue weighted by Crippen LogP contribution is -2.18. The highest BCUT2D eigenvalue weighted by atomic mass is 35.5. The van der Waals surface area contributed by atoms with Crippen LogP contribution in [-0.2, 0) is 17.8 Å². The van der Waals surface area contributed by atoms with E-state index in [9.17, 15) is 9.18 Å². The minimum absolute atomic E-state index is 0.0703. The van der Waals surface area contributed by atoms with Crippen LogP contribution < -0.4 is 5.32 Å². The van der Waals surface area contributed by atoms with Gasteiger partial charge in [-0.05, 0) is 29.3 Å². The number of hydrogen-bond donors (Lipinski definition) is 1. The lowest BCUT2D eigenvalue weighted by molar-refractivity contribution is -0.115. The summed E-state index contributed by atoms with van der Waals surface area (Å²) in [6.07, 6.45) is 1.65. The summed E-state index contributed by atoms with van der Waals surface area (Å²) in [5.41, 5.74) is 1.39. The Kier molecular flexibility index (Phi) is 5.36. The molecule has 3 aromatic rings. The summed E-state index contributed by atoms with van der Waals surface area (Å²) in [5.74, 6) is -0.104. The van der Waals surface area contributed by atoms with E-state index < -0.39 is 0 Å². The largest absolute Gasteiger partial charge is 0.311 e. The smallest absolute Gasteiger partial charge is 0.229 e. The highest BCUT2D eigenvalue weighted by Gasteiger charge is 2.11. The summed E-state index contributed by atoms with van der Waals surface area (Å²) >= 11 is 12.2. The van der Waals surface area contributed by atoms with E-state index in [1.54, 1.807) is 41.2 Å². The van der Waals surface area contributed by atoms with Crippen LogP contribution in [0.1, 0.15) is 11.1 Å². The minimum Gasteiger partial charge on any atom is -0.311 e. The lowest BCUT2D eigenvalue weighted by atomic mass is 10.1. The number of hydrogen-bond acceptors (Lipinski definition) is 2. The number of anilines is 1. The Morgan fingerprint density at radius 2 is 1.96 bits per heavy atom. The van der Waals surface area contributed by atoms with Gasteiger partial charge in [-0.1, -0.05) is 47.5 Å². The van der Waals surface area contributed by atoms with Crippen LogP contribution in [0.15, 0.2) is 54.7 Å². The molecule has 128 valence electrons. The summed E-state index contributed by atoms with van der Waals surface area (Å²) in [6, 6.07) is 13.0. The van der Waals surface area contributed by atoms with Crippen LogP contribution in [0.3, 0.4) is 0 Å². The first-order valence-corrected chi connectivity index (χ1v) is 8.27. The Hall–Kier alpha value is -2.37. The van der Waals surface area contributed by atoms with Crippen molar-refractivity contribution in [1.82, 2.24) is 9.78 Å². The summed E-state index contributed by atoms with van der Waals surface area (Å²) < 4.78 is 14.8. The molecule has 0 spiro atoms. The SMILES string of the molecule is O=C(Cc1cccc(F)c1)Nc1ccnn1Cc1cccc(Cl)c1Cl. The predicted molar refractivity (Wildman–Crippen MR) is 96.5 cm³/mol. The van der Waals surface area contributed by atoms with Crippen molar-refractivity contribution in [2.24, 2.45) is 0 Å². The molecule has 25 heavy (non-hydrogen) atoms. The minimum atomic E-state index is -0.370. The van der Waals surface area contributed by atoms with Crippen LogP contribution in [-0.4, -0.2) is 15.7 Å². The number of carbonyl (C=O) groups excluding carboxylic acids is 1. The van der Waals surface area contributed by atoms with Crippen molar-refractivity contribution >= 4 is 34.9 Å². The average molecular weight is 378 g/mol. The Morgan fingerprint density at radius 3 is 2.76 bits per heavy atom. The molecule has 3 rings (SSSR count). The molecule has 0 aliphatic heterocycles. The van der Waals surface area contributed by atoms with Crippen LogP contribution >= 0.6 is 23.2 Å². The first kappa shape index (κ1) is 17.5. The maximum atomic E-state index is 13.2. The van der Waals surface area contributed by atoms with Crippen LogP contribution in [0.25, 0.3) is 0 Å². The van der Waals surface area contributed by atoms with E-state index >= 15 is 0 Å². The van der Waals surface area contributed by atoms with Crippen molar-refractivity contribution in [1.29, 1.82) is 0 Å². The van der Waals surface area contributed by atoms with E-state index in [1.807, 2.05) is 6.07 Å². The van der Waals surface area contributed by atoms with Gasteiger partial charge in [0.1, 0.15) is 11.6 Å². The van der Waals surface area contributed by atoms with Gasteiger partial charge in [-0.25, -0.2) is 9.07 Å². The molecule has 0 unspecified atom stereocenters. The zero-order valence-electron chi connectivity index (χ0n) is 13.0. The van der Waals surface area contributed by atoms with E-state index in [0.717, 1.165) is 5.56 Å². The van der Waals surface area contributed by atoms with E-state index in [4.69, 9.17) is 23.2 Å². The van der Waals surface area contributed by atoms with Gasteiger partial charge in [-0.15, -0.1) is 0 Å². The number of halogens is 3. The highest BCUT2D eigenvalue weighted by Crippen LogP contribution is 2.26. The Labute approximate surface area is 154 Å². The Balaban J connectivity index is 1.71. The quantitative estimate of drug-likeness (QED) is 0.708. The first-order chi connectivity index (χ1) is 12.0. The van der Waals surface area contributed by atoms with Gasteiger partial charge < -0.3 is 5.32 Å². The van der Waals surface area contributed by atoms with Crippen molar-refractivity contribution in [3.63, 3.8) is 0 Å². The Morgan fingerprint density at radius 1 is 1.16 bits per heavy atom. The van der Waals surface area contributed by atoms with Crippen molar-refractivity contribution in [3.8, 4) is 0 Å². The third kappa shape index (κ3) is 4.38. The molecule has 0 saturated heterocycles. The number of amides is 1. The van der Waals surface area contributed by atoms with Crippen molar-refractivity contribution < 1.29 is 9.18 Å². The maximum Gasteiger partial charge on any atom is 0.229 e. The number of benzene rings is 2. The average Bonchev–Trinajstić information content (AvgIpc) is 2.98. The molecule has 0 radical (unpaired) electrons. The fourth-order valence-electron chi connectivity index (χ4n) is 2.42. The van der Waals surface area contributed by atoms with Gasteiger partial charge in [0, 0.05) is 6.07 Å². The maximum absolute atomic E-state index is 13.2. The molecule has 7 heteroatoms. The number of nitrogens with one attached hydrogen (secondary N) is 1. The standard InChI is InChI=1S/C18H14Cl2FN3O/c19-15-6-2-4-13(18(15)20)11-24-16(7-8-22-24)23-17(25)10-12-3-1-5-14(21)9-12/h1-9H,10-11H2,(H,23,25). The molecular formula is C18H14Cl2FN3O. The molecule has 1 amide bonds. The normalized spacial score (nSPS) is 10.7. The summed E-state index contributed by atoms with van der Waals surface area (Å²) in [6.45, 7) is 0.363. The first-order valence-electron chi connectivity index (χ1n) is 7.52. The van der Waals surface area contributed by atoms with Gasteiger partial charge >= 0.3 is 0 Å². The molecule has 0 atom stereocenters. The molecule has 0 fully saturated rings. The number of rotatable bonds is 5. The summed E-state index contributed by atoms with van der Waals surface area (Å²) in [7, 11) is 0. The second-order valence-electron chi connectivity index (χ2n) is 5.44. The highest BCUT2D eigenvalue weighted by molar-refractivity contribution is 6.42. The van der Waals surface area contributed by atoms with Crippen molar-refractivity contribution in [2.45, 2.75) is 13.0 Å². The van der Waals surface area contributed by atoms with E-state index in [-0.39, 0.29) is 18.1 Å². The van der Waals surface area contributed by atoms with Crippen LogP contribution in [0, 0.1) is 5.82 Å². The second kappa shape index (κ2) is 7.68. The van der Waals surface area contributed by atoms with Crippen molar-refractivity contribution in [3.05, 3.63) is 81.7 Å². The molecule has 4 nitrogen and oxygen atoms in total. The molecule has 2 aromatic carbocycles. The van der Waals surface area contributed by atoms with Crippen LogP contribution in [0.4, 0.5) is 10.2 Å². The number of carbonyl (C=O) groups is 1. The number of aromatic nitrogens is 2. The second-order valence-corrected chi connectivity index (χ2v) is 6.23. The molecule has 1 N–H and O–H groups in total.